The van der Waals surface area contributed by atoms with E-state index in [9.17, 15) is 0 Å². The number of thiazole rings is 1. The zero-order chi connectivity index (χ0) is 15.8. The molecule has 4 N–H and O–H groups in total. The summed E-state index contributed by atoms with van der Waals surface area (Å²) in [7, 11) is 0. The zero-order valence-corrected chi connectivity index (χ0v) is 13.1. The number of pyridine rings is 1. The van der Waals surface area contributed by atoms with Crippen LogP contribution in [0, 0.1) is 0 Å². The van der Waals surface area contributed by atoms with Gasteiger partial charge >= 0.3 is 0 Å². The van der Waals surface area contributed by atoms with Crippen molar-refractivity contribution in [1.29, 1.82) is 0 Å². The number of fused-ring (bicyclic) bond motifs is 3. The lowest BCUT2D eigenvalue weighted by Crippen LogP contribution is -1.93. The zero-order valence-electron chi connectivity index (χ0n) is 12.3. The molecule has 0 aliphatic carbocycles. The number of nitrogens with zero attached hydrogens (tertiary/aromatic N) is 3. The summed E-state index contributed by atoms with van der Waals surface area (Å²) in [5.41, 5.74) is 9.56. The molecule has 0 aliphatic heterocycles. The van der Waals surface area contributed by atoms with Gasteiger partial charge in [-0.15, -0.1) is 11.3 Å². The molecule has 0 bridgehead atoms. The van der Waals surface area contributed by atoms with E-state index in [0.29, 0.717) is 12.2 Å². The Kier molecular flexibility index (Phi) is 3.44. The Morgan fingerprint density at radius 3 is 2.91 bits per heavy atom. The molecule has 4 rings (SSSR count). The maximum atomic E-state index is 8.98. The lowest BCUT2D eigenvalue weighted by molar-refractivity contribution is 0.288. The fourth-order valence-corrected chi connectivity index (χ4v) is 3.79. The molecule has 0 saturated heterocycles. The van der Waals surface area contributed by atoms with Gasteiger partial charge in [0, 0.05) is 30.2 Å². The number of nitrogen functional groups attached to an aromatic ring is 1. The Balaban J connectivity index is 1.89. The van der Waals surface area contributed by atoms with Crippen molar-refractivity contribution >= 4 is 38.3 Å². The fourth-order valence-electron chi connectivity index (χ4n) is 2.64. The van der Waals surface area contributed by atoms with E-state index in [2.05, 4.69) is 20.2 Å². The third kappa shape index (κ3) is 2.43. The molecule has 7 heteroatoms. The summed E-state index contributed by atoms with van der Waals surface area (Å²) in [6, 6.07) is 7.99. The van der Waals surface area contributed by atoms with Gasteiger partial charge in [-0.05, 0) is 18.6 Å². The highest BCUT2D eigenvalue weighted by atomic mass is 32.1. The Morgan fingerprint density at radius 1 is 1.22 bits per heavy atom. The van der Waals surface area contributed by atoms with Crippen molar-refractivity contribution in [2.75, 3.05) is 12.3 Å². The van der Waals surface area contributed by atoms with Crippen LogP contribution in [0.1, 0.15) is 11.4 Å². The van der Waals surface area contributed by atoms with Gasteiger partial charge in [0.15, 0.2) is 5.82 Å². The molecular weight excluding hydrogens is 310 g/mol. The predicted molar refractivity (Wildman–Crippen MR) is 92.3 cm³/mol. The lowest BCUT2D eigenvalue weighted by atomic mass is 10.1. The van der Waals surface area contributed by atoms with Crippen LogP contribution in [0.15, 0.2) is 30.5 Å². The number of hydrogen-bond acceptors (Lipinski definition) is 6. The first kappa shape index (κ1) is 14.1. The fraction of sp³-hybridized carbons (Fsp3) is 0.188. The van der Waals surface area contributed by atoms with Crippen molar-refractivity contribution in [1.82, 2.24) is 20.2 Å². The number of rotatable bonds is 4. The monoisotopic (exact) mass is 325 g/mol. The summed E-state index contributed by atoms with van der Waals surface area (Å²) in [6.45, 7) is 0.164. The Morgan fingerprint density at radius 2 is 2.13 bits per heavy atom. The summed E-state index contributed by atoms with van der Waals surface area (Å²) >= 11 is 1.62. The van der Waals surface area contributed by atoms with E-state index in [1.54, 1.807) is 17.5 Å². The van der Waals surface area contributed by atoms with E-state index in [1.165, 1.54) is 0 Å². The second-order valence-electron chi connectivity index (χ2n) is 5.30. The molecule has 0 amide bonds. The predicted octanol–water partition coefficient (Wildman–Crippen LogP) is 2.74. The van der Waals surface area contributed by atoms with Gasteiger partial charge in [-0.1, -0.05) is 12.1 Å². The van der Waals surface area contributed by atoms with Crippen molar-refractivity contribution in [2.24, 2.45) is 0 Å². The van der Waals surface area contributed by atoms with Crippen LogP contribution in [-0.2, 0) is 6.42 Å². The summed E-state index contributed by atoms with van der Waals surface area (Å²) in [5, 5.41) is 18.0. The molecule has 0 radical (unpaired) electrons. The van der Waals surface area contributed by atoms with E-state index in [0.717, 1.165) is 43.8 Å². The number of hydrogen-bond donors (Lipinski definition) is 3. The highest BCUT2D eigenvalue weighted by molar-refractivity contribution is 7.19. The van der Waals surface area contributed by atoms with Gasteiger partial charge in [0.2, 0.25) is 0 Å². The van der Waals surface area contributed by atoms with Gasteiger partial charge < -0.3 is 10.8 Å². The van der Waals surface area contributed by atoms with Crippen molar-refractivity contribution in [3.63, 3.8) is 0 Å². The summed E-state index contributed by atoms with van der Waals surface area (Å²) in [5.74, 6) is 0.443. The van der Waals surface area contributed by atoms with E-state index in [-0.39, 0.29) is 6.61 Å². The number of benzene rings is 1. The van der Waals surface area contributed by atoms with Crippen LogP contribution in [0.5, 0.6) is 0 Å². The van der Waals surface area contributed by atoms with Gasteiger partial charge in [0.1, 0.15) is 5.52 Å². The van der Waals surface area contributed by atoms with Crippen LogP contribution in [0.3, 0.4) is 0 Å². The summed E-state index contributed by atoms with van der Waals surface area (Å²) in [4.78, 5) is 9.08. The first-order valence-electron chi connectivity index (χ1n) is 7.36. The van der Waals surface area contributed by atoms with Crippen LogP contribution in [-0.4, -0.2) is 31.9 Å². The molecule has 0 atom stereocenters. The molecule has 3 heterocycles. The smallest absolute Gasteiger partial charge is 0.151 e. The molecular formula is C16H15N5OS. The SMILES string of the molecule is Nc1nc2cc(-c3cc[nH]n3)ccc2c2sc(CCCO)nc12. The molecule has 3 aromatic heterocycles. The van der Waals surface area contributed by atoms with Gasteiger partial charge in [0.05, 0.1) is 20.9 Å². The Hall–Kier alpha value is -2.51. The minimum atomic E-state index is 0.164. The lowest BCUT2D eigenvalue weighted by Gasteiger charge is -2.03. The van der Waals surface area contributed by atoms with Crippen LogP contribution in [0.25, 0.3) is 32.4 Å². The van der Waals surface area contributed by atoms with Crippen LogP contribution in [0.4, 0.5) is 5.82 Å². The molecule has 0 fully saturated rings. The molecule has 0 aliphatic rings. The van der Waals surface area contributed by atoms with E-state index in [1.807, 2.05) is 24.3 Å². The molecule has 4 aromatic rings. The van der Waals surface area contributed by atoms with Crippen molar-refractivity contribution < 1.29 is 5.11 Å². The van der Waals surface area contributed by atoms with Crippen LogP contribution < -0.4 is 5.73 Å². The van der Waals surface area contributed by atoms with Crippen LogP contribution in [0.2, 0.25) is 0 Å². The standard InChI is InChI=1S/C16H15N5OS/c17-16-14-15(23-13(20-14)2-1-7-22)10-4-3-9(8-12(10)19-16)11-5-6-18-21-11/h3-6,8,22H,1-2,7H2,(H2,17,19)(H,18,21). The number of aromatic amines is 1. The molecule has 6 nitrogen and oxygen atoms in total. The second-order valence-corrected chi connectivity index (χ2v) is 6.38. The second kappa shape index (κ2) is 5.60. The maximum absolute atomic E-state index is 8.98. The number of aliphatic hydroxyl groups is 1. The normalized spacial score (nSPS) is 11.5. The van der Waals surface area contributed by atoms with E-state index < -0.39 is 0 Å². The van der Waals surface area contributed by atoms with E-state index >= 15 is 0 Å². The highest BCUT2D eigenvalue weighted by Crippen LogP contribution is 2.34. The molecule has 0 unspecified atom stereocenters. The Bertz CT molecular complexity index is 977. The first-order chi connectivity index (χ1) is 11.3. The van der Waals surface area contributed by atoms with Gasteiger partial charge in [-0.3, -0.25) is 5.10 Å². The average molecular weight is 325 g/mol. The number of nitrogens with two attached hydrogens (primary N) is 1. The van der Waals surface area contributed by atoms with Gasteiger partial charge in [0.25, 0.3) is 0 Å². The molecule has 0 spiro atoms. The summed E-state index contributed by atoms with van der Waals surface area (Å²) in [6.07, 6.45) is 3.25. The van der Waals surface area contributed by atoms with Crippen molar-refractivity contribution in [3.05, 3.63) is 35.5 Å². The first-order valence-corrected chi connectivity index (χ1v) is 8.17. The largest absolute Gasteiger partial charge is 0.396 e. The minimum absolute atomic E-state index is 0.164. The summed E-state index contributed by atoms with van der Waals surface area (Å²) < 4.78 is 1.05. The molecule has 23 heavy (non-hydrogen) atoms. The average Bonchev–Trinajstić information content (AvgIpc) is 3.22. The highest BCUT2D eigenvalue weighted by Gasteiger charge is 2.13. The van der Waals surface area contributed by atoms with Crippen molar-refractivity contribution in [2.45, 2.75) is 12.8 Å². The van der Waals surface area contributed by atoms with E-state index in [4.69, 9.17) is 10.8 Å². The topological polar surface area (TPSA) is 101 Å². The number of anilines is 1. The minimum Gasteiger partial charge on any atom is -0.396 e. The van der Waals surface area contributed by atoms with Crippen molar-refractivity contribution in [3.8, 4) is 11.3 Å². The number of aliphatic hydroxyl groups excluding tert-OH is 1. The van der Waals surface area contributed by atoms with Crippen LogP contribution >= 0.6 is 11.3 Å². The quantitative estimate of drug-likeness (QED) is 0.535. The Labute approximate surface area is 136 Å². The number of H-pyrrole nitrogens is 1. The number of nitrogens with one attached hydrogen (secondary N) is 1. The molecule has 0 saturated carbocycles. The molecule has 116 valence electrons. The third-order valence-corrected chi connectivity index (χ3v) is 4.89. The molecule has 1 aromatic carbocycles. The maximum Gasteiger partial charge on any atom is 0.151 e. The third-order valence-electron chi connectivity index (χ3n) is 3.74. The number of aromatic nitrogens is 4. The van der Waals surface area contributed by atoms with Gasteiger partial charge in [-0.2, -0.15) is 5.10 Å². The van der Waals surface area contributed by atoms with Gasteiger partial charge in [-0.25, -0.2) is 9.97 Å². The number of aryl methyl sites for hydroxylation is 1.